The van der Waals surface area contributed by atoms with Crippen LogP contribution < -0.4 is 10.5 Å². The number of hydrogen-bond acceptors (Lipinski definition) is 3. The Labute approximate surface area is 107 Å². The topological polar surface area (TPSA) is 89.3 Å². The molecule has 0 radical (unpaired) electrons. The van der Waals surface area contributed by atoms with E-state index in [0.717, 1.165) is 25.1 Å². The van der Waals surface area contributed by atoms with Crippen molar-refractivity contribution in [3.8, 4) is 0 Å². The molecule has 0 aliphatic rings. The molecule has 0 saturated heterocycles. The Bertz CT molecular complexity index is 597. The normalized spacial score (nSPS) is 12.4. The molecule has 0 spiro atoms. The van der Waals surface area contributed by atoms with E-state index in [9.17, 15) is 26.4 Å². The lowest BCUT2D eigenvalue weighted by Gasteiger charge is -2.14. The van der Waals surface area contributed by atoms with Crippen LogP contribution in [0, 0.1) is 6.92 Å². The van der Waals surface area contributed by atoms with E-state index >= 15 is 0 Å². The third-order valence-electron chi connectivity index (χ3n) is 2.32. The Balaban J connectivity index is 3.26. The van der Waals surface area contributed by atoms with Crippen molar-refractivity contribution in [2.75, 3.05) is 6.54 Å². The zero-order valence-electron chi connectivity index (χ0n) is 9.78. The maximum Gasteiger partial charge on any atom is 0.416 e. The molecule has 0 bridgehead atoms. The number of alkyl halides is 3. The number of hydrogen-bond donors (Lipinski definition) is 2. The standard InChI is InChI=1S/C10H11F3N2O3S/c1-6-7(10(11,12)13)3-2-4-8(6)19(17,18)15-5-9(14)16/h2-4,15H,5H2,1H3,(H2,14,16). The average molecular weight is 296 g/mol. The Hall–Kier alpha value is -1.61. The number of carbonyl (C=O) groups is 1. The SMILES string of the molecule is Cc1c(C(F)(F)F)cccc1S(=O)(=O)NCC(N)=O. The van der Waals surface area contributed by atoms with Crippen molar-refractivity contribution in [1.82, 2.24) is 4.72 Å². The van der Waals surface area contributed by atoms with Gasteiger partial charge in [-0.1, -0.05) is 6.07 Å². The highest BCUT2D eigenvalue weighted by Crippen LogP contribution is 2.33. The molecule has 1 rings (SSSR count). The Morgan fingerprint density at radius 1 is 1.37 bits per heavy atom. The third kappa shape index (κ3) is 3.67. The van der Waals surface area contributed by atoms with E-state index in [-0.39, 0.29) is 0 Å². The first kappa shape index (κ1) is 15.4. The second kappa shape index (κ2) is 5.17. The molecule has 1 aromatic rings. The minimum Gasteiger partial charge on any atom is -0.369 e. The molecule has 0 atom stereocenters. The lowest BCUT2D eigenvalue weighted by Crippen LogP contribution is -2.33. The Kier molecular flexibility index (Phi) is 4.21. The summed E-state index contributed by atoms with van der Waals surface area (Å²) in [7, 11) is -4.22. The maximum absolute atomic E-state index is 12.6. The summed E-state index contributed by atoms with van der Waals surface area (Å²) < 4.78 is 63.3. The van der Waals surface area contributed by atoms with Gasteiger partial charge in [-0.15, -0.1) is 0 Å². The van der Waals surface area contributed by atoms with Crippen LogP contribution in [0.25, 0.3) is 0 Å². The molecule has 0 heterocycles. The molecule has 0 aromatic heterocycles. The van der Waals surface area contributed by atoms with Crippen LogP contribution in [0.1, 0.15) is 11.1 Å². The van der Waals surface area contributed by atoms with E-state index in [4.69, 9.17) is 5.73 Å². The molecular weight excluding hydrogens is 285 g/mol. The summed E-state index contributed by atoms with van der Waals surface area (Å²) in [4.78, 5) is 9.97. The lowest BCUT2D eigenvalue weighted by atomic mass is 10.1. The fourth-order valence-corrected chi connectivity index (χ4v) is 2.72. The quantitative estimate of drug-likeness (QED) is 0.860. The second-order valence-corrected chi connectivity index (χ2v) is 5.45. The molecule has 0 fully saturated rings. The van der Waals surface area contributed by atoms with Crippen molar-refractivity contribution < 1.29 is 26.4 Å². The van der Waals surface area contributed by atoms with Crippen LogP contribution in [0.2, 0.25) is 0 Å². The highest BCUT2D eigenvalue weighted by molar-refractivity contribution is 7.89. The van der Waals surface area contributed by atoms with Crippen LogP contribution in [0.4, 0.5) is 13.2 Å². The van der Waals surface area contributed by atoms with Crippen molar-refractivity contribution >= 4 is 15.9 Å². The number of benzene rings is 1. The number of primary amides is 1. The van der Waals surface area contributed by atoms with Gasteiger partial charge in [0.1, 0.15) is 0 Å². The van der Waals surface area contributed by atoms with Gasteiger partial charge in [0.05, 0.1) is 17.0 Å². The highest BCUT2D eigenvalue weighted by Gasteiger charge is 2.34. The van der Waals surface area contributed by atoms with Gasteiger partial charge < -0.3 is 5.73 Å². The molecule has 9 heteroatoms. The van der Waals surface area contributed by atoms with Gasteiger partial charge in [-0.3, -0.25) is 4.79 Å². The minimum absolute atomic E-state index is 0.438. The van der Waals surface area contributed by atoms with Gasteiger partial charge >= 0.3 is 6.18 Å². The summed E-state index contributed by atoms with van der Waals surface area (Å²) in [5.74, 6) is -0.937. The van der Waals surface area contributed by atoms with Crippen molar-refractivity contribution in [2.45, 2.75) is 18.0 Å². The summed E-state index contributed by atoms with van der Waals surface area (Å²) in [6.07, 6.45) is -4.65. The third-order valence-corrected chi connectivity index (χ3v) is 3.86. The molecule has 1 amide bonds. The molecule has 19 heavy (non-hydrogen) atoms. The fraction of sp³-hybridized carbons (Fsp3) is 0.300. The zero-order valence-corrected chi connectivity index (χ0v) is 10.6. The first-order chi connectivity index (χ1) is 8.55. The van der Waals surface area contributed by atoms with Crippen molar-refractivity contribution in [2.24, 2.45) is 5.73 Å². The Morgan fingerprint density at radius 2 is 1.95 bits per heavy atom. The largest absolute Gasteiger partial charge is 0.416 e. The maximum atomic E-state index is 12.6. The molecule has 0 unspecified atom stereocenters. The van der Waals surface area contributed by atoms with Crippen molar-refractivity contribution in [3.63, 3.8) is 0 Å². The minimum atomic E-state index is -4.65. The predicted molar refractivity (Wildman–Crippen MR) is 60.6 cm³/mol. The van der Waals surface area contributed by atoms with Crippen LogP contribution in [-0.4, -0.2) is 20.9 Å². The first-order valence-electron chi connectivity index (χ1n) is 5.00. The number of halogens is 3. The molecule has 5 nitrogen and oxygen atoms in total. The smallest absolute Gasteiger partial charge is 0.369 e. The van der Waals surface area contributed by atoms with E-state index in [0.29, 0.717) is 0 Å². The van der Waals surface area contributed by atoms with Gasteiger partial charge in [0.25, 0.3) is 0 Å². The highest BCUT2D eigenvalue weighted by atomic mass is 32.2. The molecule has 0 aliphatic carbocycles. The average Bonchev–Trinajstić information content (AvgIpc) is 2.25. The van der Waals surface area contributed by atoms with E-state index in [2.05, 4.69) is 0 Å². The summed E-state index contributed by atoms with van der Waals surface area (Å²) in [5.41, 5.74) is 3.28. The first-order valence-corrected chi connectivity index (χ1v) is 6.49. The Morgan fingerprint density at radius 3 is 2.42 bits per heavy atom. The van der Waals surface area contributed by atoms with Gasteiger partial charge in [0, 0.05) is 0 Å². The van der Waals surface area contributed by atoms with Crippen LogP contribution in [0.3, 0.4) is 0 Å². The number of nitrogens with one attached hydrogen (secondary N) is 1. The van der Waals surface area contributed by atoms with Gasteiger partial charge in [-0.05, 0) is 24.6 Å². The van der Waals surface area contributed by atoms with Crippen LogP contribution >= 0.6 is 0 Å². The summed E-state index contributed by atoms with van der Waals surface area (Å²) in [5, 5.41) is 0. The van der Waals surface area contributed by atoms with E-state index in [1.54, 1.807) is 0 Å². The number of nitrogens with two attached hydrogens (primary N) is 1. The number of rotatable bonds is 4. The molecule has 0 saturated carbocycles. The zero-order chi connectivity index (χ0) is 14.8. The van der Waals surface area contributed by atoms with E-state index in [1.807, 2.05) is 4.72 Å². The monoisotopic (exact) mass is 296 g/mol. The van der Waals surface area contributed by atoms with Crippen LogP contribution in [-0.2, 0) is 21.0 Å². The van der Waals surface area contributed by atoms with Crippen molar-refractivity contribution in [3.05, 3.63) is 29.3 Å². The summed E-state index contributed by atoms with van der Waals surface area (Å²) in [6.45, 7) is 0.361. The summed E-state index contributed by atoms with van der Waals surface area (Å²) >= 11 is 0. The van der Waals surface area contributed by atoms with Gasteiger partial charge in [-0.25, -0.2) is 13.1 Å². The van der Waals surface area contributed by atoms with Crippen LogP contribution in [0.15, 0.2) is 23.1 Å². The second-order valence-electron chi connectivity index (χ2n) is 3.72. The van der Waals surface area contributed by atoms with Crippen molar-refractivity contribution in [1.29, 1.82) is 0 Å². The number of sulfonamides is 1. The lowest BCUT2D eigenvalue weighted by molar-refractivity contribution is -0.138. The fourth-order valence-electron chi connectivity index (χ4n) is 1.46. The van der Waals surface area contributed by atoms with Gasteiger partial charge in [-0.2, -0.15) is 13.2 Å². The van der Waals surface area contributed by atoms with Crippen LogP contribution in [0.5, 0.6) is 0 Å². The molecule has 106 valence electrons. The number of carbonyl (C=O) groups excluding carboxylic acids is 1. The molecule has 3 N–H and O–H groups in total. The number of amides is 1. The van der Waals surface area contributed by atoms with E-state index < -0.39 is 44.7 Å². The molecule has 0 aliphatic heterocycles. The molecular formula is C10H11F3N2O3S. The summed E-state index contributed by atoms with van der Waals surface area (Å²) in [6, 6.07) is 2.78. The van der Waals surface area contributed by atoms with E-state index in [1.165, 1.54) is 0 Å². The van der Waals surface area contributed by atoms with Gasteiger partial charge in [0.2, 0.25) is 15.9 Å². The predicted octanol–water partition coefficient (Wildman–Crippen LogP) is 0.777. The molecule has 1 aromatic carbocycles. The van der Waals surface area contributed by atoms with Gasteiger partial charge in [0.15, 0.2) is 0 Å².